The molecule has 1 amide bonds. The van der Waals surface area contributed by atoms with Crippen LogP contribution in [0, 0.1) is 13.8 Å². The number of fused-ring (bicyclic) bond motifs is 1. The molecule has 3 heterocycles. The summed E-state index contributed by atoms with van der Waals surface area (Å²) in [6, 6.07) is 5.89. The monoisotopic (exact) mass is 439 g/mol. The van der Waals surface area contributed by atoms with Gasteiger partial charge in [-0.05, 0) is 56.4 Å². The number of aliphatic hydroxyl groups excluding tert-OH is 1. The molecule has 5 rings (SSSR count). The summed E-state index contributed by atoms with van der Waals surface area (Å²) in [6.07, 6.45) is 1.01. The van der Waals surface area contributed by atoms with Gasteiger partial charge in [-0.1, -0.05) is 0 Å². The van der Waals surface area contributed by atoms with Gasteiger partial charge < -0.3 is 15.1 Å². The lowest BCUT2D eigenvalue weighted by atomic mass is 9.80. The van der Waals surface area contributed by atoms with E-state index in [1.807, 2.05) is 32.0 Å². The maximum Gasteiger partial charge on any atom is 0.407 e. The summed E-state index contributed by atoms with van der Waals surface area (Å²) >= 11 is 0. The molecule has 2 aliphatic rings. The lowest BCUT2D eigenvalue weighted by Gasteiger charge is -2.34. The average Bonchev–Trinajstić information content (AvgIpc) is 3.13. The fourth-order valence-corrected chi connectivity index (χ4v) is 4.94. The van der Waals surface area contributed by atoms with Gasteiger partial charge in [-0.2, -0.15) is 5.10 Å². The van der Waals surface area contributed by atoms with Crippen molar-refractivity contribution in [2.75, 3.05) is 13.1 Å². The van der Waals surface area contributed by atoms with E-state index in [9.17, 15) is 19.4 Å². The second kappa shape index (κ2) is 7.81. The summed E-state index contributed by atoms with van der Waals surface area (Å²) < 4.78 is 16.7. The summed E-state index contributed by atoms with van der Waals surface area (Å²) in [4.78, 5) is 21.5. The Kier molecular flexibility index (Phi) is 5.08. The van der Waals surface area contributed by atoms with Crippen molar-refractivity contribution in [3.05, 3.63) is 47.0 Å². The van der Waals surface area contributed by atoms with Crippen LogP contribution >= 0.6 is 0 Å². The molecular formula is C23H26FN5O3. The lowest BCUT2D eigenvalue weighted by Crippen LogP contribution is -2.43. The minimum absolute atomic E-state index is 0.113. The number of alkyl halides is 1. The molecule has 2 N–H and O–H groups in total. The number of aromatic nitrogens is 4. The predicted octanol–water partition coefficient (Wildman–Crippen LogP) is 3.48. The number of nitrogens with zero attached hydrogens (tertiary/aromatic N) is 5. The van der Waals surface area contributed by atoms with Gasteiger partial charge in [0.05, 0.1) is 24.4 Å². The van der Waals surface area contributed by atoms with Crippen LogP contribution in [0.5, 0.6) is 0 Å². The minimum atomic E-state index is -1.26. The number of halogens is 1. The van der Waals surface area contributed by atoms with E-state index in [0.717, 1.165) is 32.6 Å². The van der Waals surface area contributed by atoms with Crippen LogP contribution in [-0.2, 0) is 0 Å². The molecule has 1 aromatic carbocycles. The minimum Gasteiger partial charge on any atom is -0.465 e. The number of hydrogen-bond donors (Lipinski definition) is 2. The zero-order valence-corrected chi connectivity index (χ0v) is 18.1. The van der Waals surface area contributed by atoms with Gasteiger partial charge >= 0.3 is 6.09 Å². The molecule has 32 heavy (non-hydrogen) atoms. The largest absolute Gasteiger partial charge is 0.465 e. The van der Waals surface area contributed by atoms with Crippen LogP contribution < -0.4 is 0 Å². The van der Waals surface area contributed by atoms with Gasteiger partial charge in [0.1, 0.15) is 12.0 Å². The molecule has 1 aliphatic heterocycles. The van der Waals surface area contributed by atoms with E-state index in [2.05, 4.69) is 15.1 Å². The van der Waals surface area contributed by atoms with Crippen LogP contribution in [0.3, 0.4) is 0 Å². The molecule has 2 aromatic heterocycles. The number of amides is 1. The van der Waals surface area contributed by atoms with Crippen LogP contribution in [0.25, 0.3) is 16.7 Å². The fourth-order valence-electron chi connectivity index (χ4n) is 4.94. The van der Waals surface area contributed by atoms with E-state index >= 15 is 0 Å². The molecule has 0 radical (unpaired) electrons. The summed E-state index contributed by atoms with van der Waals surface area (Å²) in [5, 5.41) is 24.3. The number of piperidine rings is 1. The van der Waals surface area contributed by atoms with Crippen molar-refractivity contribution in [2.45, 2.75) is 57.2 Å². The molecule has 2 unspecified atom stereocenters. The van der Waals surface area contributed by atoms with Crippen LogP contribution in [0.15, 0.2) is 24.4 Å². The van der Waals surface area contributed by atoms with E-state index in [0.29, 0.717) is 37.4 Å². The second-order valence-corrected chi connectivity index (χ2v) is 8.98. The first-order valence-corrected chi connectivity index (χ1v) is 10.9. The Hall–Kier alpha value is -3.07. The third kappa shape index (κ3) is 3.60. The van der Waals surface area contributed by atoms with Crippen LogP contribution in [0.2, 0.25) is 0 Å². The Morgan fingerprint density at radius 1 is 1.19 bits per heavy atom. The molecule has 1 aliphatic carbocycles. The van der Waals surface area contributed by atoms with Gasteiger partial charge in [-0.15, -0.1) is 0 Å². The number of aryl methyl sites for hydroxylation is 2. The number of carbonyl (C=O) groups is 1. The van der Waals surface area contributed by atoms with Crippen molar-refractivity contribution in [2.24, 2.45) is 0 Å². The number of hydrogen-bond acceptors (Lipinski definition) is 5. The van der Waals surface area contributed by atoms with E-state index in [1.165, 1.54) is 0 Å². The molecular weight excluding hydrogens is 413 g/mol. The molecule has 3 aromatic rings. The smallest absolute Gasteiger partial charge is 0.407 e. The van der Waals surface area contributed by atoms with Crippen molar-refractivity contribution in [1.82, 2.24) is 24.6 Å². The van der Waals surface area contributed by atoms with Gasteiger partial charge in [-0.25, -0.2) is 23.8 Å². The standard InChI is InChI=1S/C23H26FN5O3/c1-12-5-15-10-25-29(22-9-20(26-13(2)27-22)14-6-16(30)7-14)21(15)8-18(12)17-3-4-28(23(31)32)11-19(17)24/h5,8-10,14,16-17,19,30H,3-4,6-7,11H2,1-2H3,(H,31,32). The highest BCUT2D eigenvalue weighted by molar-refractivity contribution is 5.82. The van der Waals surface area contributed by atoms with Gasteiger partial charge in [-0.3, -0.25) is 0 Å². The van der Waals surface area contributed by atoms with Crippen LogP contribution in [-0.4, -0.2) is 66.3 Å². The molecule has 1 saturated heterocycles. The van der Waals surface area contributed by atoms with Gasteiger partial charge in [0.25, 0.3) is 0 Å². The third-order valence-corrected chi connectivity index (χ3v) is 6.76. The van der Waals surface area contributed by atoms with Gasteiger partial charge in [0.2, 0.25) is 0 Å². The molecule has 9 heteroatoms. The van der Waals surface area contributed by atoms with Crippen molar-refractivity contribution >= 4 is 17.0 Å². The first-order chi connectivity index (χ1) is 15.3. The molecule has 1 saturated carbocycles. The Balaban J connectivity index is 1.52. The number of aliphatic hydroxyl groups is 1. The first-order valence-electron chi connectivity index (χ1n) is 10.9. The second-order valence-electron chi connectivity index (χ2n) is 8.98. The molecule has 2 fully saturated rings. The highest BCUT2D eigenvalue weighted by Crippen LogP contribution is 2.37. The lowest BCUT2D eigenvalue weighted by molar-refractivity contribution is 0.0731. The molecule has 2 atom stereocenters. The SMILES string of the molecule is Cc1nc(C2CC(O)C2)cc(-n2ncc3cc(C)c(C4CCN(C(=O)O)CC4F)cc32)n1. The zero-order chi connectivity index (χ0) is 22.6. The van der Waals surface area contributed by atoms with Crippen LogP contribution in [0.4, 0.5) is 9.18 Å². The number of benzene rings is 1. The number of rotatable bonds is 3. The maximum atomic E-state index is 15.0. The summed E-state index contributed by atoms with van der Waals surface area (Å²) in [5.41, 5.74) is 3.58. The Bertz CT molecular complexity index is 1190. The molecule has 0 spiro atoms. The molecule has 0 bridgehead atoms. The zero-order valence-electron chi connectivity index (χ0n) is 18.1. The average molecular weight is 439 g/mol. The highest BCUT2D eigenvalue weighted by atomic mass is 19.1. The summed E-state index contributed by atoms with van der Waals surface area (Å²) in [5.74, 6) is 1.14. The van der Waals surface area contributed by atoms with Crippen molar-refractivity contribution < 1.29 is 19.4 Å². The number of carboxylic acid groups (broad SMARTS) is 1. The Labute approximate surface area is 184 Å². The highest BCUT2D eigenvalue weighted by Gasteiger charge is 2.34. The normalized spacial score (nSPS) is 25.7. The maximum absolute atomic E-state index is 15.0. The topological polar surface area (TPSA) is 104 Å². The Morgan fingerprint density at radius 3 is 2.66 bits per heavy atom. The van der Waals surface area contributed by atoms with E-state index in [-0.39, 0.29) is 24.5 Å². The van der Waals surface area contributed by atoms with E-state index in [4.69, 9.17) is 0 Å². The van der Waals surface area contributed by atoms with Crippen molar-refractivity contribution in [3.8, 4) is 5.82 Å². The summed E-state index contributed by atoms with van der Waals surface area (Å²) in [6.45, 7) is 4.00. The third-order valence-electron chi connectivity index (χ3n) is 6.76. The van der Waals surface area contributed by atoms with Gasteiger partial charge in [0.15, 0.2) is 5.82 Å². The van der Waals surface area contributed by atoms with E-state index in [1.54, 1.807) is 10.9 Å². The molecule has 168 valence electrons. The fraction of sp³-hybridized carbons (Fsp3) is 0.478. The quantitative estimate of drug-likeness (QED) is 0.648. The summed E-state index contributed by atoms with van der Waals surface area (Å²) in [7, 11) is 0. The molecule has 8 nitrogen and oxygen atoms in total. The van der Waals surface area contributed by atoms with Crippen molar-refractivity contribution in [1.29, 1.82) is 0 Å². The van der Waals surface area contributed by atoms with Gasteiger partial charge in [0, 0.05) is 35.5 Å². The number of likely N-dealkylation sites (tertiary alicyclic amines) is 1. The Morgan fingerprint density at radius 2 is 1.97 bits per heavy atom. The van der Waals surface area contributed by atoms with E-state index < -0.39 is 12.3 Å². The van der Waals surface area contributed by atoms with Crippen molar-refractivity contribution in [3.63, 3.8) is 0 Å². The predicted molar refractivity (Wildman–Crippen MR) is 116 cm³/mol. The van der Waals surface area contributed by atoms with Crippen LogP contribution in [0.1, 0.15) is 53.7 Å². The first kappa shape index (κ1) is 20.8.